The molecule has 0 radical (unpaired) electrons. The van der Waals surface area contributed by atoms with Crippen LogP contribution in [0.4, 0.5) is 10.1 Å². The molecule has 0 heterocycles. The molecule has 3 heteroatoms. The predicted octanol–water partition coefficient (Wildman–Crippen LogP) is 3.86. The molecule has 2 nitrogen and oxygen atoms in total. The van der Waals surface area contributed by atoms with E-state index in [1.54, 1.807) is 0 Å². The molecular formula is C14H14FNO. The van der Waals surface area contributed by atoms with Gasteiger partial charge in [0.2, 0.25) is 0 Å². The highest BCUT2D eigenvalue weighted by Crippen LogP contribution is 2.28. The molecule has 2 aromatic rings. The van der Waals surface area contributed by atoms with Gasteiger partial charge in [-0.15, -0.1) is 0 Å². The van der Waals surface area contributed by atoms with Crippen LogP contribution in [-0.4, -0.2) is 13.2 Å². The molecule has 0 aromatic heterocycles. The number of alkyl halides is 1. The van der Waals surface area contributed by atoms with E-state index in [1.165, 1.54) is 0 Å². The van der Waals surface area contributed by atoms with Crippen molar-refractivity contribution >= 4 is 5.69 Å². The molecule has 0 bridgehead atoms. The van der Waals surface area contributed by atoms with Gasteiger partial charge in [-0.1, -0.05) is 30.3 Å². The van der Waals surface area contributed by atoms with Gasteiger partial charge >= 0.3 is 0 Å². The van der Waals surface area contributed by atoms with Crippen LogP contribution in [0.25, 0.3) is 0 Å². The Balaban J connectivity index is 2.15. The number of para-hydroxylation sites is 3. The zero-order valence-corrected chi connectivity index (χ0v) is 9.40. The second kappa shape index (κ2) is 5.89. The van der Waals surface area contributed by atoms with E-state index in [9.17, 15) is 4.39 Å². The van der Waals surface area contributed by atoms with Crippen molar-refractivity contribution < 1.29 is 9.13 Å². The summed E-state index contributed by atoms with van der Waals surface area (Å²) in [5.41, 5.74) is 0.800. The molecule has 0 aliphatic carbocycles. The van der Waals surface area contributed by atoms with Crippen LogP contribution in [0.3, 0.4) is 0 Å². The van der Waals surface area contributed by atoms with Crippen molar-refractivity contribution in [2.75, 3.05) is 18.5 Å². The minimum atomic E-state index is -0.403. The van der Waals surface area contributed by atoms with Gasteiger partial charge in [-0.25, -0.2) is 4.39 Å². The fourth-order valence-corrected chi connectivity index (χ4v) is 1.50. The molecule has 2 rings (SSSR count). The number of benzene rings is 2. The fraction of sp³-hybridized carbons (Fsp3) is 0.143. The second-order valence-corrected chi connectivity index (χ2v) is 3.53. The summed E-state index contributed by atoms with van der Waals surface area (Å²) in [5.74, 6) is 1.47. The zero-order valence-electron chi connectivity index (χ0n) is 9.40. The first-order chi connectivity index (χ1) is 8.40. The van der Waals surface area contributed by atoms with Crippen LogP contribution in [-0.2, 0) is 0 Å². The molecular weight excluding hydrogens is 217 g/mol. The molecule has 0 atom stereocenters. The Hall–Kier alpha value is -2.03. The molecule has 0 amide bonds. The first kappa shape index (κ1) is 11.5. The Labute approximate surface area is 100 Å². The van der Waals surface area contributed by atoms with Gasteiger partial charge in [-0.2, -0.15) is 0 Å². The molecule has 0 unspecified atom stereocenters. The van der Waals surface area contributed by atoms with Gasteiger partial charge in [-0.3, -0.25) is 0 Å². The summed E-state index contributed by atoms with van der Waals surface area (Å²) in [6.45, 7) is -0.116. The summed E-state index contributed by atoms with van der Waals surface area (Å²) in [6.07, 6.45) is 0. The molecule has 2 aromatic carbocycles. The molecule has 0 fully saturated rings. The number of anilines is 1. The first-order valence-electron chi connectivity index (χ1n) is 5.52. The van der Waals surface area contributed by atoms with Crippen LogP contribution < -0.4 is 10.1 Å². The van der Waals surface area contributed by atoms with Crippen molar-refractivity contribution in [3.05, 3.63) is 54.6 Å². The molecule has 0 spiro atoms. The van der Waals surface area contributed by atoms with Gasteiger partial charge in [-0.05, 0) is 24.3 Å². The van der Waals surface area contributed by atoms with Crippen molar-refractivity contribution in [2.24, 2.45) is 0 Å². The monoisotopic (exact) mass is 231 g/mol. The lowest BCUT2D eigenvalue weighted by Gasteiger charge is -2.11. The second-order valence-electron chi connectivity index (χ2n) is 3.53. The molecule has 0 saturated heterocycles. The molecule has 88 valence electrons. The van der Waals surface area contributed by atoms with E-state index in [0.29, 0.717) is 5.75 Å². The normalized spacial score (nSPS) is 9.94. The number of ether oxygens (including phenoxy) is 1. The van der Waals surface area contributed by atoms with Crippen LogP contribution in [0.1, 0.15) is 0 Å². The topological polar surface area (TPSA) is 21.3 Å². The zero-order chi connectivity index (χ0) is 11.9. The quantitative estimate of drug-likeness (QED) is 0.843. The Morgan fingerprint density at radius 1 is 0.941 bits per heavy atom. The highest BCUT2D eigenvalue weighted by Gasteiger charge is 2.02. The summed E-state index contributed by atoms with van der Waals surface area (Å²) in [5, 5.41) is 2.98. The molecule has 0 saturated carbocycles. The van der Waals surface area contributed by atoms with Crippen molar-refractivity contribution in [1.82, 2.24) is 0 Å². The SMILES string of the molecule is FCCNc1ccccc1Oc1ccccc1. The Bertz CT molecular complexity index is 459. The van der Waals surface area contributed by atoms with E-state index in [1.807, 2.05) is 54.6 Å². The minimum absolute atomic E-state index is 0.287. The lowest BCUT2D eigenvalue weighted by molar-refractivity contribution is 0.482. The van der Waals surface area contributed by atoms with E-state index in [-0.39, 0.29) is 6.54 Å². The number of rotatable bonds is 5. The summed E-state index contributed by atoms with van der Waals surface area (Å²) in [6, 6.07) is 17.0. The van der Waals surface area contributed by atoms with Gasteiger partial charge in [0.25, 0.3) is 0 Å². The van der Waals surface area contributed by atoms with Gasteiger partial charge in [0, 0.05) is 6.54 Å². The summed E-state index contributed by atoms with van der Waals surface area (Å²) in [4.78, 5) is 0. The standard InChI is InChI=1S/C14H14FNO/c15-10-11-16-13-8-4-5-9-14(13)17-12-6-2-1-3-7-12/h1-9,16H,10-11H2. The average Bonchev–Trinajstić information content (AvgIpc) is 2.39. The highest BCUT2D eigenvalue weighted by molar-refractivity contribution is 5.57. The minimum Gasteiger partial charge on any atom is -0.455 e. The van der Waals surface area contributed by atoms with Crippen LogP contribution in [0.2, 0.25) is 0 Å². The van der Waals surface area contributed by atoms with Crippen molar-refractivity contribution in [3.63, 3.8) is 0 Å². The van der Waals surface area contributed by atoms with E-state index < -0.39 is 6.67 Å². The summed E-state index contributed by atoms with van der Waals surface area (Å²) in [7, 11) is 0. The number of nitrogens with one attached hydrogen (secondary N) is 1. The van der Waals surface area contributed by atoms with Crippen molar-refractivity contribution in [1.29, 1.82) is 0 Å². The number of hydrogen-bond donors (Lipinski definition) is 1. The summed E-state index contributed by atoms with van der Waals surface area (Å²) < 4.78 is 17.9. The molecule has 0 aliphatic rings. The predicted molar refractivity (Wildman–Crippen MR) is 67.4 cm³/mol. The lowest BCUT2D eigenvalue weighted by Crippen LogP contribution is -2.04. The van der Waals surface area contributed by atoms with E-state index in [2.05, 4.69) is 5.32 Å². The Morgan fingerprint density at radius 2 is 1.65 bits per heavy atom. The maximum Gasteiger partial charge on any atom is 0.150 e. The van der Waals surface area contributed by atoms with Crippen molar-refractivity contribution in [2.45, 2.75) is 0 Å². The molecule has 1 N–H and O–H groups in total. The molecule has 0 aliphatic heterocycles. The van der Waals surface area contributed by atoms with Crippen LogP contribution in [0.15, 0.2) is 54.6 Å². The largest absolute Gasteiger partial charge is 0.455 e. The fourth-order valence-electron chi connectivity index (χ4n) is 1.50. The van der Waals surface area contributed by atoms with E-state index in [4.69, 9.17) is 4.74 Å². The van der Waals surface area contributed by atoms with Gasteiger partial charge < -0.3 is 10.1 Å². The third-order valence-corrected chi connectivity index (χ3v) is 2.27. The third-order valence-electron chi connectivity index (χ3n) is 2.27. The van der Waals surface area contributed by atoms with Crippen molar-refractivity contribution in [3.8, 4) is 11.5 Å². The first-order valence-corrected chi connectivity index (χ1v) is 5.52. The van der Waals surface area contributed by atoms with E-state index >= 15 is 0 Å². The molecule has 17 heavy (non-hydrogen) atoms. The number of halogens is 1. The maximum atomic E-state index is 12.1. The van der Waals surface area contributed by atoms with E-state index in [0.717, 1.165) is 11.4 Å². The highest BCUT2D eigenvalue weighted by atomic mass is 19.1. The van der Waals surface area contributed by atoms with Gasteiger partial charge in [0.1, 0.15) is 12.4 Å². The van der Waals surface area contributed by atoms with Crippen LogP contribution in [0, 0.1) is 0 Å². The lowest BCUT2D eigenvalue weighted by atomic mass is 10.3. The van der Waals surface area contributed by atoms with Crippen LogP contribution in [0.5, 0.6) is 11.5 Å². The van der Waals surface area contributed by atoms with Gasteiger partial charge in [0.15, 0.2) is 5.75 Å². The van der Waals surface area contributed by atoms with Gasteiger partial charge in [0.05, 0.1) is 5.69 Å². The average molecular weight is 231 g/mol. The third kappa shape index (κ3) is 3.21. The smallest absolute Gasteiger partial charge is 0.150 e. The Kier molecular flexibility index (Phi) is 3.97. The summed E-state index contributed by atoms with van der Waals surface area (Å²) >= 11 is 0. The van der Waals surface area contributed by atoms with Crippen LogP contribution >= 0.6 is 0 Å². The Morgan fingerprint density at radius 3 is 2.41 bits per heavy atom. The number of hydrogen-bond acceptors (Lipinski definition) is 2. The maximum absolute atomic E-state index is 12.1.